The van der Waals surface area contributed by atoms with E-state index in [4.69, 9.17) is 4.74 Å². The first-order valence-electron chi connectivity index (χ1n) is 7.03. The molecule has 22 heavy (non-hydrogen) atoms. The third-order valence-corrected chi connectivity index (χ3v) is 3.57. The Balaban J connectivity index is 2.23. The second kappa shape index (κ2) is 6.05. The number of benzene rings is 1. The smallest absolute Gasteiger partial charge is 0.344 e. The van der Waals surface area contributed by atoms with Gasteiger partial charge in [0, 0.05) is 6.42 Å². The van der Waals surface area contributed by atoms with Gasteiger partial charge < -0.3 is 10.1 Å². The van der Waals surface area contributed by atoms with Gasteiger partial charge in [0.15, 0.2) is 0 Å². The molecular formula is C15H19N3O4. The fraction of sp³-hybridized carbons (Fsp3) is 0.400. The molecule has 2 rings (SSSR count). The third-order valence-electron chi connectivity index (χ3n) is 3.57. The number of nitrogens with one attached hydrogen (secondary N) is 2. The van der Waals surface area contributed by atoms with Crippen LogP contribution in [0, 0.1) is 0 Å². The van der Waals surface area contributed by atoms with Gasteiger partial charge in [-0.1, -0.05) is 19.1 Å². The van der Waals surface area contributed by atoms with E-state index < -0.39 is 17.5 Å². The first-order valence-corrected chi connectivity index (χ1v) is 7.03. The number of imide groups is 1. The summed E-state index contributed by atoms with van der Waals surface area (Å²) in [5.74, 6) is -0.241. The number of hydrogen-bond acceptors (Lipinski definition) is 4. The maximum atomic E-state index is 12.5. The standard InChI is InChI=1S/C15H19N3O4/c1-4-5-12(19)17-18-13(20)15(2,16-14(18)21)10-6-8-11(22-3)9-7-10/h6-9H,4-5H2,1-3H3,(H,16,21)(H,17,19)/t15-/m1/s1. The second-order valence-corrected chi connectivity index (χ2v) is 5.21. The number of rotatable bonds is 5. The van der Waals surface area contributed by atoms with Crippen molar-refractivity contribution in [2.24, 2.45) is 0 Å². The predicted molar refractivity (Wildman–Crippen MR) is 78.8 cm³/mol. The lowest BCUT2D eigenvalue weighted by Gasteiger charge is -2.22. The van der Waals surface area contributed by atoms with E-state index in [1.165, 1.54) is 0 Å². The van der Waals surface area contributed by atoms with Crippen molar-refractivity contribution in [1.29, 1.82) is 0 Å². The summed E-state index contributed by atoms with van der Waals surface area (Å²) in [5, 5.41) is 3.35. The molecule has 0 bridgehead atoms. The molecule has 2 N–H and O–H groups in total. The molecule has 0 aromatic heterocycles. The minimum absolute atomic E-state index is 0.246. The van der Waals surface area contributed by atoms with Gasteiger partial charge in [0.2, 0.25) is 5.91 Å². The average Bonchev–Trinajstić information content (AvgIpc) is 2.72. The summed E-state index contributed by atoms with van der Waals surface area (Å²) >= 11 is 0. The Morgan fingerprint density at radius 3 is 2.50 bits per heavy atom. The van der Waals surface area contributed by atoms with Crippen LogP contribution in [-0.2, 0) is 15.1 Å². The predicted octanol–water partition coefficient (Wildman–Crippen LogP) is 1.29. The molecule has 7 heteroatoms. The molecule has 1 aliphatic rings. The van der Waals surface area contributed by atoms with Gasteiger partial charge in [-0.15, -0.1) is 0 Å². The number of nitrogens with zero attached hydrogens (tertiary/aromatic N) is 1. The first-order chi connectivity index (χ1) is 10.4. The molecule has 4 amide bonds. The van der Waals surface area contributed by atoms with Crippen LogP contribution in [0.25, 0.3) is 0 Å². The summed E-state index contributed by atoms with van der Waals surface area (Å²) in [5.41, 5.74) is 1.73. The molecule has 1 aromatic carbocycles. The normalized spacial score (nSPS) is 20.8. The molecule has 0 aliphatic carbocycles. The molecule has 0 unspecified atom stereocenters. The van der Waals surface area contributed by atoms with Crippen LogP contribution in [-0.4, -0.2) is 30.0 Å². The molecule has 1 saturated heterocycles. The fourth-order valence-corrected chi connectivity index (χ4v) is 2.27. The molecule has 1 atom stereocenters. The van der Waals surface area contributed by atoms with Crippen LogP contribution in [0.1, 0.15) is 32.3 Å². The molecule has 0 spiro atoms. The van der Waals surface area contributed by atoms with Crippen LogP contribution in [0.3, 0.4) is 0 Å². The minimum Gasteiger partial charge on any atom is -0.497 e. The molecule has 118 valence electrons. The van der Waals surface area contributed by atoms with Crippen molar-refractivity contribution < 1.29 is 19.1 Å². The minimum atomic E-state index is -1.22. The van der Waals surface area contributed by atoms with Crippen LogP contribution in [0.4, 0.5) is 4.79 Å². The highest BCUT2D eigenvalue weighted by Gasteiger charge is 2.49. The number of carbonyl (C=O) groups is 3. The molecule has 0 saturated carbocycles. The summed E-state index contributed by atoms with van der Waals surface area (Å²) in [7, 11) is 1.55. The Bertz CT molecular complexity index is 599. The number of urea groups is 1. The zero-order valence-electron chi connectivity index (χ0n) is 12.8. The average molecular weight is 305 g/mol. The molecule has 1 fully saturated rings. The highest BCUT2D eigenvalue weighted by Crippen LogP contribution is 2.29. The van der Waals surface area contributed by atoms with E-state index in [0.717, 1.165) is 5.01 Å². The van der Waals surface area contributed by atoms with Crippen LogP contribution in [0.5, 0.6) is 5.75 Å². The Hall–Kier alpha value is -2.57. The lowest BCUT2D eigenvalue weighted by molar-refractivity contribution is -0.139. The maximum absolute atomic E-state index is 12.5. The van der Waals surface area contributed by atoms with Crippen molar-refractivity contribution in [3.05, 3.63) is 29.8 Å². The Morgan fingerprint density at radius 1 is 1.32 bits per heavy atom. The molecule has 1 aromatic rings. The summed E-state index contributed by atoms with van der Waals surface area (Å²) in [6, 6.07) is 6.17. The number of amides is 4. The van der Waals surface area contributed by atoms with Crippen LogP contribution < -0.4 is 15.5 Å². The molecule has 1 aliphatic heterocycles. The van der Waals surface area contributed by atoms with Gasteiger partial charge in [-0.2, -0.15) is 5.01 Å². The van der Waals surface area contributed by atoms with Gasteiger partial charge in [-0.05, 0) is 31.0 Å². The Labute approximate surface area is 128 Å². The van der Waals surface area contributed by atoms with E-state index in [1.807, 2.05) is 6.92 Å². The van der Waals surface area contributed by atoms with Crippen LogP contribution >= 0.6 is 0 Å². The van der Waals surface area contributed by atoms with E-state index in [2.05, 4.69) is 10.7 Å². The van der Waals surface area contributed by atoms with Gasteiger partial charge in [0.1, 0.15) is 11.3 Å². The Morgan fingerprint density at radius 2 is 1.95 bits per heavy atom. The van der Waals surface area contributed by atoms with Crippen molar-refractivity contribution in [2.75, 3.05) is 7.11 Å². The summed E-state index contributed by atoms with van der Waals surface area (Å²) in [6.45, 7) is 3.44. The third kappa shape index (κ3) is 2.74. The van der Waals surface area contributed by atoms with E-state index >= 15 is 0 Å². The summed E-state index contributed by atoms with van der Waals surface area (Å²) in [6.07, 6.45) is 0.877. The largest absolute Gasteiger partial charge is 0.497 e. The fourth-order valence-electron chi connectivity index (χ4n) is 2.27. The lowest BCUT2D eigenvalue weighted by Crippen LogP contribution is -2.47. The number of hydrazine groups is 1. The topological polar surface area (TPSA) is 87.7 Å². The summed E-state index contributed by atoms with van der Waals surface area (Å²) < 4.78 is 5.07. The molecule has 1 heterocycles. The van der Waals surface area contributed by atoms with Crippen molar-refractivity contribution in [3.8, 4) is 5.75 Å². The van der Waals surface area contributed by atoms with Crippen LogP contribution in [0.2, 0.25) is 0 Å². The van der Waals surface area contributed by atoms with Crippen molar-refractivity contribution in [1.82, 2.24) is 15.8 Å². The van der Waals surface area contributed by atoms with E-state index in [-0.39, 0.29) is 12.3 Å². The number of carbonyl (C=O) groups excluding carboxylic acids is 3. The molecule has 7 nitrogen and oxygen atoms in total. The van der Waals surface area contributed by atoms with Gasteiger partial charge >= 0.3 is 6.03 Å². The number of hydrogen-bond donors (Lipinski definition) is 2. The van der Waals surface area contributed by atoms with Crippen molar-refractivity contribution >= 4 is 17.8 Å². The highest BCUT2D eigenvalue weighted by molar-refractivity contribution is 6.08. The monoisotopic (exact) mass is 305 g/mol. The van der Waals surface area contributed by atoms with Gasteiger partial charge in [0.25, 0.3) is 5.91 Å². The van der Waals surface area contributed by atoms with Gasteiger partial charge in [0.05, 0.1) is 7.11 Å². The van der Waals surface area contributed by atoms with Crippen LogP contribution in [0.15, 0.2) is 24.3 Å². The SMILES string of the molecule is CCCC(=O)NN1C(=O)N[C@](C)(c2ccc(OC)cc2)C1=O. The van der Waals surface area contributed by atoms with Crippen molar-refractivity contribution in [2.45, 2.75) is 32.2 Å². The second-order valence-electron chi connectivity index (χ2n) is 5.21. The van der Waals surface area contributed by atoms with Gasteiger partial charge in [-0.25, -0.2) is 4.79 Å². The first kappa shape index (κ1) is 15.8. The maximum Gasteiger partial charge on any atom is 0.344 e. The number of methoxy groups -OCH3 is 1. The Kier molecular flexibility index (Phi) is 4.35. The summed E-state index contributed by atoms with van der Waals surface area (Å²) in [4.78, 5) is 36.1. The van der Waals surface area contributed by atoms with E-state index in [1.54, 1.807) is 38.3 Å². The zero-order chi connectivity index (χ0) is 16.3. The quantitative estimate of drug-likeness (QED) is 0.803. The highest BCUT2D eigenvalue weighted by atomic mass is 16.5. The van der Waals surface area contributed by atoms with E-state index in [9.17, 15) is 14.4 Å². The zero-order valence-corrected chi connectivity index (χ0v) is 12.8. The lowest BCUT2D eigenvalue weighted by atomic mass is 9.92. The van der Waals surface area contributed by atoms with Crippen molar-refractivity contribution in [3.63, 3.8) is 0 Å². The molecular weight excluding hydrogens is 286 g/mol. The molecule has 0 radical (unpaired) electrons. The number of ether oxygens (including phenoxy) is 1. The van der Waals surface area contributed by atoms with Gasteiger partial charge in [-0.3, -0.25) is 15.0 Å². The van der Waals surface area contributed by atoms with E-state index in [0.29, 0.717) is 17.7 Å².